The summed E-state index contributed by atoms with van der Waals surface area (Å²) in [5.74, 6) is -4.77. The zero-order chi connectivity index (χ0) is 34.6. The molecule has 2 unspecified atom stereocenters. The van der Waals surface area contributed by atoms with Crippen molar-refractivity contribution in [3.05, 3.63) is 108 Å². The molecule has 5 rings (SSSR count). The van der Waals surface area contributed by atoms with Gasteiger partial charge in [0.1, 0.15) is 30.0 Å². The van der Waals surface area contributed by atoms with E-state index >= 15 is 0 Å². The number of esters is 2. The molecule has 4 aromatic carbocycles. The minimum atomic E-state index is -2.72. The molecule has 1 aliphatic rings. The summed E-state index contributed by atoms with van der Waals surface area (Å²) in [6, 6.07) is 17.7. The average Bonchev–Trinajstić information content (AvgIpc) is 3.38. The third-order valence-electron chi connectivity index (χ3n) is 6.67. The van der Waals surface area contributed by atoms with E-state index in [1.807, 2.05) is 6.92 Å². The largest absolute Gasteiger partial charge is 0.491 e. The van der Waals surface area contributed by atoms with Crippen LogP contribution in [0.2, 0.25) is 30.1 Å². The van der Waals surface area contributed by atoms with E-state index in [0.29, 0.717) is 22.2 Å². The van der Waals surface area contributed by atoms with Gasteiger partial charge in [-0.2, -0.15) is 0 Å². The van der Waals surface area contributed by atoms with Crippen molar-refractivity contribution >= 4 is 81.5 Å². The zero-order valence-electron chi connectivity index (χ0n) is 24.8. The fraction of sp³-hybridized carbons (Fsp3) is 0.212. The van der Waals surface area contributed by atoms with Gasteiger partial charge in [0, 0.05) is 42.7 Å². The molecule has 48 heavy (non-hydrogen) atoms. The first kappa shape index (κ1) is 36.2. The van der Waals surface area contributed by atoms with Crippen molar-refractivity contribution in [1.82, 2.24) is 5.32 Å². The monoisotopic (exact) mass is 773 g/mol. The highest BCUT2D eigenvalue weighted by Gasteiger charge is 2.60. The Morgan fingerprint density at radius 2 is 1.17 bits per heavy atom. The predicted octanol–water partition coefficient (Wildman–Crippen LogP) is 8.25. The summed E-state index contributed by atoms with van der Waals surface area (Å²) in [4.78, 5) is 27.2. The molecule has 2 N–H and O–H groups in total. The normalized spacial score (nSPS) is 14.2. The number of fused-ring (bicyclic) bond motifs is 1. The molecule has 0 aliphatic carbocycles. The minimum absolute atomic E-state index is 0.0114. The minimum Gasteiger partial charge on any atom is -0.491 e. The van der Waals surface area contributed by atoms with Gasteiger partial charge in [0.2, 0.25) is 0 Å². The van der Waals surface area contributed by atoms with E-state index in [2.05, 4.69) is 5.32 Å². The average molecular weight is 776 g/mol. The Morgan fingerprint density at radius 1 is 0.708 bits per heavy atom. The van der Waals surface area contributed by atoms with Crippen LogP contribution in [0.4, 0.5) is 0 Å². The highest BCUT2D eigenvalue weighted by molar-refractivity contribution is 6.36. The standard InChI is InChI=1S/C33H25Cl6NO8/c1-17(40-15-25(41)16-44-26-9-19(34)6-20(35)10-26)4-18-2-3-29-30(5-18)48-33(47-29,31(42)45-27-11-21(36)7-22(37)12-27)32(43)46-28-13-23(38)8-24(39)14-28/h2-3,5-14,17,25,40-41H,4,15-16H2,1H3. The topological polar surface area (TPSA) is 113 Å². The van der Waals surface area contributed by atoms with Gasteiger partial charge in [0.05, 0.1) is 0 Å². The molecule has 0 fully saturated rings. The number of benzene rings is 4. The van der Waals surface area contributed by atoms with E-state index in [-0.39, 0.29) is 62.3 Å². The van der Waals surface area contributed by atoms with E-state index in [4.69, 9.17) is 93.3 Å². The lowest BCUT2D eigenvalue weighted by Crippen LogP contribution is -2.58. The van der Waals surface area contributed by atoms with Crippen LogP contribution in [0.1, 0.15) is 12.5 Å². The van der Waals surface area contributed by atoms with E-state index in [9.17, 15) is 14.7 Å². The van der Waals surface area contributed by atoms with Crippen molar-refractivity contribution in [3.63, 3.8) is 0 Å². The molecule has 1 heterocycles. The molecule has 0 bridgehead atoms. The number of hydrogen-bond donors (Lipinski definition) is 2. The molecule has 0 saturated carbocycles. The maximum absolute atomic E-state index is 13.6. The van der Waals surface area contributed by atoms with Gasteiger partial charge in [-0.1, -0.05) is 75.7 Å². The van der Waals surface area contributed by atoms with E-state index < -0.39 is 23.8 Å². The zero-order valence-corrected chi connectivity index (χ0v) is 29.3. The molecule has 1 aliphatic heterocycles. The number of halogens is 6. The van der Waals surface area contributed by atoms with Gasteiger partial charge in [0.25, 0.3) is 0 Å². The Morgan fingerprint density at radius 3 is 1.67 bits per heavy atom. The summed E-state index contributed by atoms with van der Waals surface area (Å²) in [6.07, 6.45) is -0.360. The lowest BCUT2D eigenvalue weighted by molar-refractivity contribution is -0.190. The molecule has 15 heteroatoms. The van der Waals surface area contributed by atoms with Gasteiger partial charge in [0.15, 0.2) is 11.5 Å². The third-order valence-corrected chi connectivity index (χ3v) is 7.98. The Balaban J connectivity index is 1.27. The summed E-state index contributed by atoms with van der Waals surface area (Å²) in [6.45, 7) is 2.15. The molecule has 2 atom stereocenters. The Labute approximate surface area is 305 Å². The first-order valence-electron chi connectivity index (χ1n) is 14.2. The summed E-state index contributed by atoms with van der Waals surface area (Å²) in [5, 5.41) is 15.2. The SMILES string of the molecule is CC(Cc1ccc2c(c1)OC(C(=O)Oc1cc(Cl)cc(Cl)c1)(C(=O)Oc1cc(Cl)cc(Cl)c1)O2)NCC(O)COc1cc(Cl)cc(Cl)c1. The third kappa shape index (κ3) is 9.31. The number of aliphatic hydroxyl groups is 1. The van der Waals surface area contributed by atoms with Crippen LogP contribution in [0.15, 0.2) is 72.8 Å². The second-order valence-corrected chi connectivity index (χ2v) is 13.3. The van der Waals surface area contributed by atoms with Crippen LogP contribution in [0.5, 0.6) is 28.7 Å². The van der Waals surface area contributed by atoms with Gasteiger partial charge in [-0.05, 0) is 85.6 Å². The number of ether oxygens (including phenoxy) is 5. The second kappa shape index (κ2) is 15.6. The Hall–Kier alpha value is -3.12. The van der Waals surface area contributed by atoms with Crippen molar-refractivity contribution in [3.8, 4) is 28.7 Å². The lowest BCUT2D eigenvalue weighted by atomic mass is 10.1. The van der Waals surface area contributed by atoms with Crippen molar-refractivity contribution in [2.45, 2.75) is 31.3 Å². The first-order chi connectivity index (χ1) is 22.8. The number of aliphatic hydroxyl groups excluding tert-OH is 1. The van der Waals surface area contributed by atoms with Crippen LogP contribution in [0, 0.1) is 0 Å². The maximum Gasteiger partial charge on any atom is 0.454 e. The smallest absolute Gasteiger partial charge is 0.454 e. The maximum atomic E-state index is 13.6. The van der Waals surface area contributed by atoms with E-state index in [1.165, 1.54) is 36.4 Å². The quantitative estimate of drug-likeness (QED) is 0.0835. The highest BCUT2D eigenvalue weighted by Crippen LogP contribution is 2.42. The summed E-state index contributed by atoms with van der Waals surface area (Å²) in [7, 11) is 0. The fourth-order valence-electron chi connectivity index (χ4n) is 4.57. The van der Waals surface area contributed by atoms with Crippen molar-refractivity contribution in [1.29, 1.82) is 0 Å². The van der Waals surface area contributed by atoms with E-state index in [0.717, 1.165) is 5.56 Å². The van der Waals surface area contributed by atoms with E-state index in [1.54, 1.807) is 36.4 Å². The highest BCUT2D eigenvalue weighted by atomic mass is 35.5. The molecule has 0 aromatic heterocycles. The van der Waals surface area contributed by atoms with Crippen molar-refractivity contribution < 1.29 is 38.4 Å². The summed E-state index contributed by atoms with van der Waals surface area (Å²) >= 11 is 36.2. The van der Waals surface area contributed by atoms with Crippen LogP contribution in [0.3, 0.4) is 0 Å². The van der Waals surface area contributed by atoms with Crippen LogP contribution in [-0.2, 0) is 16.0 Å². The molecular formula is C33H25Cl6NO8. The molecule has 9 nitrogen and oxygen atoms in total. The van der Waals surface area contributed by atoms with Gasteiger partial charge >= 0.3 is 17.7 Å². The van der Waals surface area contributed by atoms with Crippen LogP contribution >= 0.6 is 69.6 Å². The predicted molar refractivity (Wildman–Crippen MR) is 184 cm³/mol. The number of rotatable bonds is 12. The van der Waals surface area contributed by atoms with Gasteiger partial charge in [-0.25, -0.2) is 9.59 Å². The number of carbonyl (C=O) groups excluding carboxylic acids is 2. The van der Waals surface area contributed by atoms with Gasteiger partial charge in [-0.15, -0.1) is 0 Å². The van der Waals surface area contributed by atoms with Gasteiger partial charge < -0.3 is 34.1 Å². The molecule has 252 valence electrons. The van der Waals surface area contributed by atoms with Crippen molar-refractivity contribution in [2.24, 2.45) is 0 Å². The van der Waals surface area contributed by atoms with Crippen LogP contribution in [0.25, 0.3) is 0 Å². The molecule has 0 radical (unpaired) electrons. The fourth-order valence-corrected chi connectivity index (χ4v) is 6.09. The molecule has 0 spiro atoms. The molecule has 0 saturated heterocycles. The summed E-state index contributed by atoms with van der Waals surface area (Å²) < 4.78 is 28.2. The van der Waals surface area contributed by atoms with Crippen LogP contribution < -0.4 is 29.0 Å². The van der Waals surface area contributed by atoms with Gasteiger partial charge in [-0.3, -0.25) is 0 Å². The lowest BCUT2D eigenvalue weighted by Gasteiger charge is -2.23. The Bertz CT molecular complexity index is 1710. The second-order valence-electron chi connectivity index (χ2n) is 10.7. The first-order valence-corrected chi connectivity index (χ1v) is 16.4. The van der Waals surface area contributed by atoms with Crippen LogP contribution in [-0.4, -0.2) is 48.1 Å². The Kier molecular flexibility index (Phi) is 11.8. The number of nitrogens with one attached hydrogen (secondary N) is 1. The number of hydrogen-bond acceptors (Lipinski definition) is 9. The molecular weight excluding hydrogens is 751 g/mol. The summed E-state index contributed by atoms with van der Waals surface area (Å²) in [5.41, 5.74) is 0.762. The molecule has 0 amide bonds. The molecule has 4 aromatic rings. The van der Waals surface area contributed by atoms with Crippen molar-refractivity contribution in [2.75, 3.05) is 13.2 Å². The number of carbonyl (C=O) groups is 2.